The van der Waals surface area contributed by atoms with Gasteiger partial charge in [-0.1, -0.05) is 6.58 Å². The van der Waals surface area contributed by atoms with Crippen molar-refractivity contribution in [1.29, 1.82) is 0 Å². The van der Waals surface area contributed by atoms with Gasteiger partial charge < -0.3 is 5.32 Å². The van der Waals surface area contributed by atoms with E-state index in [1.165, 1.54) is 0 Å². The molecule has 0 fully saturated rings. The summed E-state index contributed by atoms with van der Waals surface area (Å²) in [7, 11) is 4.94. The first-order valence-corrected chi connectivity index (χ1v) is 8.66. The van der Waals surface area contributed by atoms with Gasteiger partial charge in [-0.15, -0.1) is 0 Å². The Morgan fingerprint density at radius 1 is 1.09 bits per heavy atom. The van der Waals surface area contributed by atoms with E-state index in [2.05, 4.69) is 27.3 Å². The summed E-state index contributed by atoms with van der Waals surface area (Å²) in [5.41, 5.74) is 0.343. The zero-order chi connectivity index (χ0) is 17.5. The van der Waals surface area contributed by atoms with E-state index in [0.717, 1.165) is 0 Å². The van der Waals surface area contributed by atoms with Crippen LogP contribution in [-0.2, 0) is 19.1 Å². The Morgan fingerprint density at radius 3 is 2.09 bits per heavy atom. The minimum absolute atomic E-state index is 0.154. The molecular formula is C12H23B2N4O4S. The summed E-state index contributed by atoms with van der Waals surface area (Å²) in [6, 6.07) is 0. The summed E-state index contributed by atoms with van der Waals surface area (Å²) in [6.07, 6.45) is 2.17. The summed E-state index contributed by atoms with van der Waals surface area (Å²) in [5, 5.41) is 8.63. The average molecular weight is 341 g/mol. The quantitative estimate of drug-likeness (QED) is 0.133. The first-order valence-electron chi connectivity index (χ1n) is 6.96. The van der Waals surface area contributed by atoms with Crippen molar-refractivity contribution in [3.63, 3.8) is 0 Å². The van der Waals surface area contributed by atoms with Gasteiger partial charge in [0.2, 0.25) is 0 Å². The molecule has 0 aromatic carbocycles. The topological polar surface area (TPSA) is 101 Å². The van der Waals surface area contributed by atoms with Crippen molar-refractivity contribution in [2.24, 2.45) is 0 Å². The Kier molecular flexibility index (Phi) is 13.7. The van der Waals surface area contributed by atoms with Gasteiger partial charge in [0.05, 0.1) is 6.67 Å². The van der Waals surface area contributed by atoms with E-state index < -0.39 is 11.9 Å². The van der Waals surface area contributed by atoms with E-state index in [0.29, 0.717) is 32.0 Å². The summed E-state index contributed by atoms with van der Waals surface area (Å²) in [4.78, 5) is 22.7. The SMILES string of the molecule is [B]C(=C)NCNCCC(=O)OCOC(=O)CCNCNS(=[B])C. The van der Waals surface area contributed by atoms with Crippen LogP contribution in [-0.4, -0.2) is 66.0 Å². The number of esters is 2. The summed E-state index contributed by atoms with van der Waals surface area (Å²) in [5.74, 6) is -0.908. The second-order valence-corrected chi connectivity index (χ2v) is 5.81. The average Bonchev–Trinajstić information content (AvgIpc) is 2.45. The Morgan fingerprint density at radius 2 is 1.61 bits per heavy atom. The maximum atomic E-state index is 11.3. The van der Waals surface area contributed by atoms with E-state index in [1.807, 2.05) is 6.26 Å². The molecule has 0 bridgehead atoms. The minimum atomic E-state index is -0.461. The molecule has 0 aliphatic carbocycles. The van der Waals surface area contributed by atoms with Gasteiger partial charge in [0.15, 0.2) is 0 Å². The second-order valence-electron chi connectivity index (χ2n) is 4.41. The zero-order valence-electron chi connectivity index (χ0n) is 13.4. The van der Waals surface area contributed by atoms with Gasteiger partial charge >= 0.3 is 97.4 Å². The number of carbonyl (C=O) groups is 2. The van der Waals surface area contributed by atoms with Gasteiger partial charge in [-0.25, -0.2) is 0 Å². The molecule has 11 heteroatoms. The number of hydrogen-bond donors (Lipinski definition) is 4. The third-order valence-electron chi connectivity index (χ3n) is 2.32. The monoisotopic (exact) mass is 341 g/mol. The van der Waals surface area contributed by atoms with Gasteiger partial charge in [-0.05, 0) is 5.60 Å². The molecule has 0 saturated carbocycles. The summed E-state index contributed by atoms with van der Waals surface area (Å²) < 4.78 is 12.5. The van der Waals surface area contributed by atoms with Crippen LogP contribution in [0.4, 0.5) is 0 Å². The van der Waals surface area contributed by atoms with Crippen LogP contribution < -0.4 is 20.7 Å². The fourth-order valence-corrected chi connectivity index (χ4v) is 1.53. The Hall–Kier alpha value is -1.16. The normalized spacial score (nSPS) is 11.5. The second kappa shape index (κ2) is 14.4. The molecule has 0 rings (SSSR count). The van der Waals surface area contributed by atoms with Crippen LogP contribution in [0.1, 0.15) is 12.8 Å². The fourth-order valence-electron chi connectivity index (χ4n) is 1.20. The van der Waals surface area contributed by atoms with E-state index in [-0.39, 0.29) is 30.1 Å². The van der Waals surface area contributed by atoms with Gasteiger partial charge in [0.25, 0.3) is 0 Å². The molecule has 0 aliphatic rings. The van der Waals surface area contributed by atoms with Gasteiger partial charge in [0.1, 0.15) is 7.85 Å². The van der Waals surface area contributed by atoms with Crippen LogP contribution in [0.3, 0.4) is 0 Å². The third kappa shape index (κ3) is 17.0. The number of nitrogens with one attached hydrogen (secondary N) is 4. The van der Waals surface area contributed by atoms with Crippen LogP contribution in [0.25, 0.3) is 0 Å². The van der Waals surface area contributed by atoms with Gasteiger partial charge in [-0.2, -0.15) is 0 Å². The van der Waals surface area contributed by atoms with Crippen LogP contribution >= 0.6 is 10.5 Å². The van der Waals surface area contributed by atoms with E-state index in [4.69, 9.17) is 24.0 Å². The van der Waals surface area contributed by atoms with E-state index in [1.54, 1.807) is 0 Å². The molecule has 0 aliphatic heterocycles. The first-order chi connectivity index (χ1) is 10.9. The van der Waals surface area contributed by atoms with Gasteiger partial charge in [0, 0.05) is 6.54 Å². The number of rotatable bonds is 14. The predicted octanol–water partition coefficient (Wildman–Crippen LogP) is -1.38. The molecule has 3 radical (unpaired) electrons. The van der Waals surface area contributed by atoms with Crippen LogP contribution in [0, 0.1) is 0 Å². The van der Waals surface area contributed by atoms with Gasteiger partial charge in [-0.3, -0.25) is 5.32 Å². The van der Waals surface area contributed by atoms with Crippen molar-refractivity contribution in [3.05, 3.63) is 12.2 Å². The van der Waals surface area contributed by atoms with Crippen LogP contribution in [0.15, 0.2) is 12.2 Å². The van der Waals surface area contributed by atoms with E-state index in [9.17, 15) is 9.59 Å². The summed E-state index contributed by atoms with van der Waals surface area (Å²) >= 11 is 0. The molecule has 0 spiro atoms. The molecule has 0 amide bonds. The Balaban J connectivity index is 3.43. The predicted molar refractivity (Wildman–Crippen MR) is 92.5 cm³/mol. The molecule has 23 heavy (non-hydrogen) atoms. The molecule has 127 valence electrons. The summed E-state index contributed by atoms with van der Waals surface area (Å²) in [6.45, 7) is 10.4. The fraction of sp³-hybridized carbons (Fsp3) is 0.667. The molecule has 0 aromatic heterocycles. The molecule has 1 atom stereocenters. The molecule has 1 unspecified atom stereocenters. The number of carbonyl (C=O) groups excluding carboxylic acids is 2. The molecule has 0 aromatic rings. The van der Waals surface area contributed by atoms with Crippen molar-refractivity contribution in [1.82, 2.24) is 20.7 Å². The molecule has 0 saturated heterocycles. The van der Waals surface area contributed by atoms with Crippen molar-refractivity contribution < 1.29 is 19.1 Å². The van der Waals surface area contributed by atoms with Crippen LogP contribution in [0.5, 0.6) is 0 Å². The van der Waals surface area contributed by atoms with Crippen molar-refractivity contribution in [2.45, 2.75) is 12.8 Å². The number of hydrogen-bond acceptors (Lipinski definition) is 8. The zero-order valence-corrected chi connectivity index (χ0v) is 14.2. The van der Waals surface area contributed by atoms with Crippen molar-refractivity contribution in [2.75, 3.05) is 39.5 Å². The Bertz CT molecular complexity index is 377. The first kappa shape index (κ1) is 21.8. The molecular weight excluding hydrogens is 318 g/mol. The maximum absolute atomic E-state index is 11.3. The Labute approximate surface area is 141 Å². The van der Waals surface area contributed by atoms with Crippen molar-refractivity contribution in [3.8, 4) is 0 Å². The van der Waals surface area contributed by atoms with Crippen molar-refractivity contribution >= 4 is 37.0 Å². The molecule has 4 N–H and O–H groups in total. The molecule has 0 heterocycles. The standard InChI is InChI=1S/C12H23B2N4O4S/c1-10(13)17-7-15-5-3-11(19)21-9-22-12(20)4-6-16-8-18-23(2)14/h15-18H,1,3-9H2,2H3. The third-order valence-corrected chi connectivity index (χ3v) is 2.92. The van der Waals surface area contributed by atoms with E-state index >= 15 is 0 Å². The number of ether oxygens (including phenoxy) is 2. The van der Waals surface area contributed by atoms with Crippen LogP contribution in [0.2, 0.25) is 0 Å². The molecule has 8 nitrogen and oxygen atoms in total.